The monoisotopic (exact) mass is 487 g/mol. The van der Waals surface area contributed by atoms with Gasteiger partial charge in [-0.05, 0) is 44.4 Å². The van der Waals surface area contributed by atoms with Crippen molar-refractivity contribution in [1.29, 1.82) is 0 Å². The number of benzene rings is 1. The van der Waals surface area contributed by atoms with Crippen LogP contribution in [0.15, 0.2) is 61.6 Å². The van der Waals surface area contributed by atoms with Crippen molar-refractivity contribution >= 4 is 34.3 Å². The van der Waals surface area contributed by atoms with Crippen LogP contribution in [0.3, 0.4) is 0 Å². The maximum atomic E-state index is 12.1. The number of carbonyl (C=O) groups excluding carboxylic acids is 1. The molecule has 4 aromatic rings. The number of nitrogens with zero attached hydrogens (tertiary/aromatic N) is 5. The van der Waals surface area contributed by atoms with Crippen LogP contribution in [0.1, 0.15) is 0 Å². The van der Waals surface area contributed by atoms with Crippen LogP contribution in [0.4, 0.5) is 17.3 Å². The number of carbonyl (C=O) groups is 1. The molecular weight excluding hydrogens is 458 g/mol. The Morgan fingerprint density at radius 2 is 2.00 bits per heavy atom. The Morgan fingerprint density at radius 1 is 1.17 bits per heavy atom. The molecule has 0 unspecified atom stereocenters. The highest BCUT2D eigenvalue weighted by molar-refractivity contribution is 6.00. The summed E-state index contributed by atoms with van der Waals surface area (Å²) in [4.78, 5) is 27.6. The van der Waals surface area contributed by atoms with Gasteiger partial charge in [-0.2, -0.15) is 0 Å². The zero-order chi connectivity index (χ0) is 25.7. The van der Waals surface area contributed by atoms with Gasteiger partial charge in [-0.25, -0.2) is 15.0 Å². The number of anilines is 3. The van der Waals surface area contributed by atoms with Gasteiger partial charge in [0.25, 0.3) is 0 Å². The zero-order valence-corrected chi connectivity index (χ0v) is 20.8. The third-order valence-electron chi connectivity index (χ3n) is 5.45. The molecule has 4 rings (SSSR count). The van der Waals surface area contributed by atoms with Crippen LogP contribution in [0, 0.1) is 0 Å². The first-order valence-corrected chi connectivity index (χ1v) is 11.3. The van der Waals surface area contributed by atoms with Crippen molar-refractivity contribution in [1.82, 2.24) is 24.4 Å². The molecule has 0 fully saturated rings. The molecule has 2 N–H and O–H groups in total. The summed E-state index contributed by atoms with van der Waals surface area (Å²) in [5, 5.41) is 7.01. The Balaban J connectivity index is 1.64. The van der Waals surface area contributed by atoms with Gasteiger partial charge in [-0.1, -0.05) is 6.58 Å². The molecule has 36 heavy (non-hydrogen) atoms. The number of nitrogens with one attached hydrogen (secondary N) is 2. The van der Waals surface area contributed by atoms with E-state index in [2.05, 4.69) is 32.2 Å². The van der Waals surface area contributed by atoms with Crippen molar-refractivity contribution in [3.63, 3.8) is 0 Å². The van der Waals surface area contributed by atoms with Gasteiger partial charge in [0.05, 0.1) is 24.2 Å². The number of hydrogen-bond acceptors (Lipinski definition) is 8. The fourth-order valence-electron chi connectivity index (χ4n) is 3.56. The van der Waals surface area contributed by atoms with Crippen LogP contribution >= 0.6 is 0 Å². The van der Waals surface area contributed by atoms with E-state index >= 15 is 0 Å². The van der Waals surface area contributed by atoms with E-state index in [0.29, 0.717) is 47.7 Å². The smallest absolute Gasteiger partial charge is 0.247 e. The van der Waals surface area contributed by atoms with Crippen molar-refractivity contribution in [2.75, 3.05) is 45.0 Å². The zero-order valence-electron chi connectivity index (χ0n) is 20.8. The van der Waals surface area contributed by atoms with Crippen molar-refractivity contribution in [2.24, 2.45) is 7.05 Å². The standard InChI is InChI=1S/C26H29N7O3/c1-6-24(34)29-21-14-20(22(35-5)15-23(21)36-12-11-32(2)3)31-26-27-9-7-19(30-26)18-13-17-8-10-33(4)25(17)28-16-18/h6-10,13-16H,1,11-12H2,2-5H3,(H,29,34)(H,27,30,31). The Morgan fingerprint density at radius 3 is 2.75 bits per heavy atom. The molecule has 3 heterocycles. The Hall–Kier alpha value is -4.44. The molecule has 0 aliphatic heterocycles. The van der Waals surface area contributed by atoms with Gasteiger partial charge in [0.15, 0.2) is 0 Å². The highest BCUT2D eigenvalue weighted by Gasteiger charge is 2.15. The molecule has 3 aromatic heterocycles. The van der Waals surface area contributed by atoms with Gasteiger partial charge in [0.2, 0.25) is 11.9 Å². The Labute approximate surface area is 209 Å². The first kappa shape index (κ1) is 24.7. The van der Waals surface area contributed by atoms with Gasteiger partial charge < -0.3 is 29.6 Å². The van der Waals surface area contributed by atoms with Crippen molar-refractivity contribution in [3.8, 4) is 22.8 Å². The summed E-state index contributed by atoms with van der Waals surface area (Å²) < 4.78 is 13.5. The quantitative estimate of drug-likeness (QED) is 0.325. The van der Waals surface area contributed by atoms with E-state index in [1.807, 2.05) is 55.0 Å². The summed E-state index contributed by atoms with van der Waals surface area (Å²) in [6, 6.07) is 9.31. The van der Waals surface area contributed by atoms with Gasteiger partial charge in [-0.15, -0.1) is 0 Å². The predicted molar refractivity (Wildman–Crippen MR) is 141 cm³/mol. The number of aryl methyl sites for hydroxylation is 1. The number of aromatic nitrogens is 4. The lowest BCUT2D eigenvalue weighted by Crippen LogP contribution is -2.20. The summed E-state index contributed by atoms with van der Waals surface area (Å²) in [5.74, 6) is 0.992. The minimum atomic E-state index is -0.356. The average molecular weight is 488 g/mol. The third-order valence-corrected chi connectivity index (χ3v) is 5.45. The molecule has 10 nitrogen and oxygen atoms in total. The summed E-state index contributed by atoms with van der Waals surface area (Å²) in [6.07, 6.45) is 6.63. The third kappa shape index (κ3) is 5.61. The van der Waals surface area contributed by atoms with Crippen molar-refractivity contribution in [2.45, 2.75) is 0 Å². The number of pyridine rings is 1. The molecule has 0 radical (unpaired) electrons. The van der Waals surface area contributed by atoms with E-state index < -0.39 is 0 Å². The molecule has 0 aliphatic rings. The molecule has 1 aromatic carbocycles. The molecule has 0 atom stereocenters. The van der Waals surface area contributed by atoms with Crippen molar-refractivity contribution < 1.29 is 14.3 Å². The van der Waals surface area contributed by atoms with Crippen LogP contribution in [0.2, 0.25) is 0 Å². The molecular formula is C26H29N7O3. The van der Waals surface area contributed by atoms with Crippen molar-refractivity contribution in [3.05, 3.63) is 61.6 Å². The van der Waals surface area contributed by atoms with E-state index in [-0.39, 0.29) is 5.91 Å². The summed E-state index contributed by atoms with van der Waals surface area (Å²) in [6.45, 7) is 4.67. The SMILES string of the molecule is C=CC(=O)Nc1cc(Nc2nccc(-c3cnc4c(ccn4C)c3)n2)c(OC)cc1OCCN(C)C. The summed E-state index contributed by atoms with van der Waals surface area (Å²) in [7, 11) is 7.43. The molecule has 0 spiro atoms. The van der Waals surface area contributed by atoms with Gasteiger partial charge in [0.1, 0.15) is 23.8 Å². The highest BCUT2D eigenvalue weighted by Crippen LogP contribution is 2.38. The molecule has 0 bridgehead atoms. The lowest BCUT2D eigenvalue weighted by molar-refractivity contribution is -0.111. The van der Waals surface area contributed by atoms with Crippen LogP contribution < -0.4 is 20.1 Å². The topological polar surface area (TPSA) is 106 Å². The molecule has 0 saturated heterocycles. The lowest BCUT2D eigenvalue weighted by Gasteiger charge is -2.18. The number of fused-ring (bicyclic) bond motifs is 1. The van der Waals surface area contributed by atoms with Gasteiger partial charge in [0, 0.05) is 49.2 Å². The fraction of sp³-hybridized carbons (Fsp3) is 0.231. The molecule has 0 saturated carbocycles. The summed E-state index contributed by atoms with van der Waals surface area (Å²) in [5.41, 5.74) is 3.52. The maximum absolute atomic E-state index is 12.1. The number of methoxy groups -OCH3 is 1. The van der Waals surface area contributed by atoms with E-state index in [1.54, 1.807) is 31.6 Å². The number of likely N-dealkylation sites (N-methyl/N-ethyl adjacent to an activating group) is 1. The molecule has 1 amide bonds. The van der Waals surface area contributed by atoms with E-state index in [4.69, 9.17) is 9.47 Å². The van der Waals surface area contributed by atoms with Crippen LogP contribution in [-0.2, 0) is 11.8 Å². The maximum Gasteiger partial charge on any atom is 0.247 e. The fourth-order valence-corrected chi connectivity index (χ4v) is 3.56. The molecule has 0 aliphatic carbocycles. The van der Waals surface area contributed by atoms with Gasteiger partial charge >= 0.3 is 0 Å². The molecule has 186 valence electrons. The first-order valence-electron chi connectivity index (χ1n) is 11.3. The number of rotatable bonds is 10. The van der Waals surface area contributed by atoms with Crippen LogP contribution in [0.5, 0.6) is 11.5 Å². The second-order valence-corrected chi connectivity index (χ2v) is 8.35. The highest BCUT2D eigenvalue weighted by atomic mass is 16.5. The lowest BCUT2D eigenvalue weighted by atomic mass is 10.2. The number of amides is 1. The normalized spacial score (nSPS) is 10.9. The Kier molecular flexibility index (Phi) is 7.45. The largest absolute Gasteiger partial charge is 0.494 e. The van der Waals surface area contributed by atoms with E-state index in [1.165, 1.54) is 6.08 Å². The first-order chi connectivity index (χ1) is 17.4. The second kappa shape index (κ2) is 10.9. The minimum absolute atomic E-state index is 0.356. The van der Waals surface area contributed by atoms with E-state index in [0.717, 1.165) is 16.6 Å². The van der Waals surface area contributed by atoms with Gasteiger partial charge in [-0.3, -0.25) is 4.79 Å². The minimum Gasteiger partial charge on any atom is -0.494 e. The Bertz CT molecular complexity index is 1400. The summed E-state index contributed by atoms with van der Waals surface area (Å²) >= 11 is 0. The molecule has 10 heteroatoms. The average Bonchev–Trinajstić information content (AvgIpc) is 3.25. The predicted octanol–water partition coefficient (Wildman–Crippen LogP) is 3.85. The second-order valence-electron chi connectivity index (χ2n) is 8.35. The number of hydrogen-bond donors (Lipinski definition) is 2. The van der Waals surface area contributed by atoms with Crippen LogP contribution in [0.25, 0.3) is 22.3 Å². The van der Waals surface area contributed by atoms with E-state index in [9.17, 15) is 4.79 Å². The number of ether oxygens (including phenoxy) is 2. The van der Waals surface area contributed by atoms with Crippen LogP contribution in [-0.4, -0.2) is 64.7 Å².